The SMILES string of the molecule is COc1ccc(CN2CCN(C3CC4(C3)CN(c3ccc(C(=O)NS(=O)(=O)c5cc([N+](=O)[O-])c(NCC6CCC(C)(O)CC6)c6[nH]cnc56)c(Oc5cnc6[nH]ccc6c5)c3)C4)C(c3ccccc3C(C)C)C2)cc1. The number of nitrogens with zero attached hydrogens (tertiary/aromatic N) is 6. The summed E-state index contributed by atoms with van der Waals surface area (Å²) < 4.78 is 42.6. The summed E-state index contributed by atoms with van der Waals surface area (Å²) in [5, 5.41) is 26.9. The van der Waals surface area contributed by atoms with E-state index in [-0.39, 0.29) is 45.4 Å². The number of anilines is 2. The van der Waals surface area contributed by atoms with E-state index in [4.69, 9.17) is 9.47 Å². The minimum Gasteiger partial charge on any atom is -0.497 e. The molecule has 4 fully saturated rings. The molecule has 2 saturated carbocycles. The number of aliphatic hydroxyl groups is 1. The van der Waals surface area contributed by atoms with Crippen LogP contribution in [-0.2, 0) is 16.6 Å². The van der Waals surface area contributed by atoms with Gasteiger partial charge in [-0.15, -0.1) is 0 Å². The van der Waals surface area contributed by atoms with Crippen LogP contribution in [0, 0.1) is 21.4 Å². The number of hydrogen-bond acceptors (Lipinski definition) is 14. The van der Waals surface area contributed by atoms with E-state index in [0.29, 0.717) is 42.7 Å². The third-order valence-electron chi connectivity index (χ3n) is 16.2. The van der Waals surface area contributed by atoms with E-state index in [9.17, 15) is 28.4 Å². The van der Waals surface area contributed by atoms with Crippen molar-refractivity contribution < 1.29 is 32.7 Å². The number of fused-ring (bicyclic) bond motifs is 2. The number of ether oxygens (including phenoxy) is 2. The number of H-pyrrole nitrogens is 2. The number of aromatic nitrogens is 4. The van der Waals surface area contributed by atoms with Crippen molar-refractivity contribution in [2.75, 3.05) is 56.6 Å². The topological polar surface area (TPSA) is 224 Å². The first-order valence-electron chi connectivity index (χ1n) is 25.9. The maximum Gasteiger partial charge on any atom is 0.296 e. The Morgan fingerprint density at radius 3 is 2.49 bits per heavy atom. The Balaban J connectivity index is 0.814. The highest BCUT2D eigenvalue weighted by Gasteiger charge is 2.55. The van der Waals surface area contributed by atoms with Crippen LogP contribution in [0.15, 0.2) is 109 Å². The van der Waals surface area contributed by atoms with Gasteiger partial charge >= 0.3 is 0 Å². The number of nitro benzene ring substituents is 1. The lowest BCUT2D eigenvalue weighted by Gasteiger charge is -2.63. The Kier molecular flexibility index (Phi) is 13.3. The van der Waals surface area contributed by atoms with Gasteiger partial charge in [0, 0.05) is 92.7 Å². The fourth-order valence-electron chi connectivity index (χ4n) is 12.1. The molecule has 19 heteroatoms. The second kappa shape index (κ2) is 19.9. The molecule has 1 atom stereocenters. The predicted molar refractivity (Wildman–Crippen MR) is 287 cm³/mol. The Hall–Kier alpha value is -7.06. The summed E-state index contributed by atoms with van der Waals surface area (Å²) in [5.74, 6) is 0.855. The van der Waals surface area contributed by atoms with Crippen LogP contribution >= 0.6 is 0 Å². The fraction of sp³-hybridized carbons (Fsp3) is 0.411. The largest absolute Gasteiger partial charge is 0.497 e. The van der Waals surface area contributed by atoms with Gasteiger partial charge in [0.2, 0.25) is 0 Å². The zero-order chi connectivity index (χ0) is 52.2. The molecule has 7 aromatic rings. The summed E-state index contributed by atoms with van der Waals surface area (Å²) in [7, 11) is -3.07. The molecule has 18 nitrogen and oxygen atoms in total. The molecule has 3 aromatic heterocycles. The fourth-order valence-corrected chi connectivity index (χ4v) is 13.2. The van der Waals surface area contributed by atoms with Crippen LogP contribution in [0.4, 0.5) is 17.1 Å². The Morgan fingerprint density at radius 2 is 1.75 bits per heavy atom. The van der Waals surface area contributed by atoms with Crippen molar-refractivity contribution in [3.63, 3.8) is 0 Å². The lowest BCUT2D eigenvalue weighted by Crippen LogP contribution is -2.68. The number of aromatic amines is 2. The van der Waals surface area contributed by atoms with Crippen LogP contribution < -0.4 is 24.4 Å². The number of imidazole rings is 1. The molecule has 392 valence electrons. The lowest BCUT2D eigenvalue weighted by molar-refractivity contribution is -0.384. The van der Waals surface area contributed by atoms with Crippen LogP contribution in [0.1, 0.15) is 98.3 Å². The first-order chi connectivity index (χ1) is 36.0. The number of amides is 1. The molecule has 0 bridgehead atoms. The average molecular weight is 1040 g/mol. The molecule has 5 N–H and O–H groups in total. The van der Waals surface area contributed by atoms with Gasteiger partial charge in [0.1, 0.15) is 39.0 Å². The molecule has 2 aliphatic heterocycles. The van der Waals surface area contributed by atoms with Crippen LogP contribution in [0.3, 0.4) is 0 Å². The molecule has 2 aliphatic carbocycles. The molecule has 75 heavy (non-hydrogen) atoms. The van der Waals surface area contributed by atoms with Crippen molar-refractivity contribution in [3.05, 3.63) is 136 Å². The highest BCUT2D eigenvalue weighted by atomic mass is 32.2. The number of methoxy groups -OCH3 is 1. The lowest BCUT2D eigenvalue weighted by atomic mass is 9.59. The highest BCUT2D eigenvalue weighted by Crippen LogP contribution is 2.54. The zero-order valence-electron chi connectivity index (χ0n) is 42.7. The molecule has 1 amide bonds. The van der Waals surface area contributed by atoms with Gasteiger partial charge in [-0.05, 0) is 110 Å². The minimum absolute atomic E-state index is 0.0631. The molecule has 2 saturated heterocycles. The van der Waals surface area contributed by atoms with Gasteiger partial charge in [-0.2, -0.15) is 0 Å². The zero-order valence-corrected chi connectivity index (χ0v) is 43.5. The standard InChI is InChI=1S/C56H64N10O8S/c1-35(2)43-7-5-6-8-44(43)47-31-63(30-37-9-12-41(73-4)13-10-37)21-22-65(47)40-26-56(27-40)32-64(33-56)39-11-14-45(48(24-39)74-42-23-38-17-20-57-53(38)59-29-42)54(67)62-75(71,72)49-25-46(66(69)70)50(52-51(49)60-34-61-52)58-28-36-15-18-55(3,68)19-16-36/h5-14,17,20,23-25,29,34-36,40,47,58,68H,15-16,18-19,21-22,26-28,30-33H2,1-4H3,(H,57,59)(H,60,61)(H,62,67). The van der Waals surface area contributed by atoms with E-state index in [0.717, 1.165) is 87.8 Å². The third-order valence-corrected chi connectivity index (χ3v) is 17.5. The first-order valence-corrected chi connectivity index (χ1v) is 27.4. The van der Waals surface area contributed by atoms with Gasteiger partial charge in [0.25, 0.3) is 21.6 Å². The Morgan fingerprint density at radius 1 is 0.973 bits per heavy atom. The number of carbonyl (C=O) groups excluding carboxylic acids is 1. The van der Waals surface area contributed by atoms with Crippen LogP contribution in [0.5, 0.6) is 17.2 Å². The number of carbonyl (C=O) groups is 1. The predicted octanol–water partition coefficient (Wildman–Crippen LogP) is 9.27. The number of piperazine rings is 1. The van der Waals surface area contributed by atoms with Crippen molar-refractivity contribution in [1.29, 1.82) is 0 Å². The van der Waals surface area contributed by atoms with Gasteiger partial charge in [0.05, 0.1) is 41.2 Å². The monoisotopic (exact) mass is 1040 g/mol. The second-order valence-electron chi connectivity index (χ2n) is 21.8. The van der Waals surface area contributed by atoms with Crippen molar-refractivity contribution in [3.8, 4) is 17.2 Å². The van der Waals surface area contributed by atoms with Gasteiger partial charge < -0.3 is 34.8 Å². The van der Waals surface area contributed by atoms with E-state index in [1.807, 2.05) is 18.2 Å². The maximum absolute atomic E-state index is 14.3. The van der Waals surface area contributed by atoms with Gasteiger partial charge in [-0.3, -0.25) is 24.7 Å². The number of nitro groups is 1. The molecule has 0 radical (unpaired) electrons. The quantitative estimate of drug-likeness (QED) is 0.0450. The number of nitrogens with one attached hydrogen (secondary N) is 4. The highest BCUT2D eigenvalue weighted by molar-refractivity contribution is 7.90. The maximum atomic E-state index is 14.3. The van der Waals surface area contributed by atoms with Crippen molar-refractivity contribution >= 4 is 55.1 Å². The first kappa shape index (κ1) is 50.1. The summed E-state index contributed by atoms with van der Waals surface area (Å²) in [6.45, 7) is 12.1. The van der Waals surface area contributed by atoms with Crippen molar-refractivity contribution in [2.24, 2.45) is 11.3 Å². The summed E-state index contributed by atoms with van der Waals surface area (Å²) in [5.41, 5.74) is 4.51. The Labute approximate surface area is 436 Å². The van der Waals surface area contributed by atoms with Gasteiger partial charge in [0.15, 0.2) is 0 Å². The smallest absolute Gasteiger partial charge is 0.296 e. The molecule has 5 heterocycles. The number of sulfonamides is 1. The number of pyridine rings is 1. The molecular weight excluding hydrogens is 973 g/mol. The van der Waals surface area contributed by atoms with Crippen LogP contribution in [0.25, 0.3) is 22.1 Å². The van der Waals surface area contributed by atoms with Gasteiger partial charge in [-0.25, -0.2) is 23.1 Å². The van der Waals surface area contributed by atoms with Crippen molar-refractivity contribution in [2.45, 2.75) is 94.3 Å². The van der Waals surface area contributed by atoms with Crippen molar-refractivity contribution in [1.82, 2.24) is 34.5 Å². The van der Waals surface area contributed by atoms with Crippen LogP contribution in [0.2, 0.25) is 0 Å². The summed E-state index contributed by atoms with van der Waals surface area (Å²) in [6, 6.07) is 27.7. The number of benzene rings is 4. The molecule has 11 rings (SSSR count). The van der Waals surface area contributed by atoms with E-state index >= 15 is 0 Å². The molecular formula is C56H64N10O8S. The van der Waals surface area contributed by atoms with E-state index in [1.165, 1.54) is 29.2 Å². The molecule has 4 aliphatic rings. The van der Waals surface area contributed by atoms with Crippen LogP contribution in [-0.4, -0.2) is 112 Å². The molecule has 1 spiro atoms. The van der Waals surface area contributed by atoms with E-state index in [2.05, 4.69) is 94.9 Å². The average Bonchev–Trinajstić information content (AvgIpc) is 4.06. The number of hydrogen-bond donors (Lipinski definition) is 5. The molecule has 1 unspecified atom stereocenters. The van der Waals surface area contributed by atoms with Gasteiger partial charge in [-0.1, -0.05) is 50.2 Å². The molecule has 4 aromatic carbocycles. The minimum atomic E-state index is -4.77. The summed E-state index contributed by atoms with van der Waals surface area (Å²) in [6.07, 6.45) is 9.35. The van der Waals surface area contributed by atoms with E-state index in [1.54, 1.807) is 44.5 Å². The summed E-state index contributed by atoms with van der Waals surface area (Å²) in [4.78, 5) is 48.0. The summed E-state index contributed by atoms with van der Waals surface area (Å²) >= 11 is 0. The third kappa shape index (κ3) is 10.1. The Bertz CT molecular complexity index is 3370. The van der Waals surface area contributed by atoms with E-state index < -0.39 is 37.0 Å². The second-order valence-corrected chi connectivity index (χ2v) is 23.5. The number of rotatable bonds is 16. The normalized spacial score (nSPS) is 21.3.